The van der Waals surface area contributed by atoms with Gasteiger partial charge in [-0.25, -0.2) is 0 Å². The smallest absolute Gasteiger partial charge is 0.166 e. The third-order valence-electron chi connectivity index (χ3n) is 2.61. The Kier molecular flexibility index (Phi) is 1.15. The highest BCUT2D eigenvalue weighted by Crippen LogP contribution is 2.45. The van der Waals surface area contributed by atoms with E-state index in [0.29, 0.717) is 0 Å². The molecule has 0 amide bonds. The van der Waals surface area contributed by atoms with E-state index in [4.69, 9.17) is 4.52 Å². The van der Waals surface area contributed by atoms with Gasteiger partial charge >= 0.3 is 0 Å². The van der Waals surface area contributed by atoms with Gasteiger partial charge in [-0.15, -0.1) is 0 Å². The number of hydrogen-bond acceptors (Lipinski definition) is 3. The summed E-state index contributed by atoms with van der Waals surface area (Å²) in [5.74, 6) is 0. The quantitative estimate of drug-likeness (QED) is 0.718. The summed E-state index contributed by atoms with van der Waals surface area (Å²) in [6.45, 7) is 0. The minimum Gasteiger partial charge on any atom is -0.385 e. The van der Waals surface area contributed by atoms with Crippen molar-refractivity contribution in [2.24, 2.45) is 0 Å². The van der Waals surface area contributed by atoms with Crippen LogP contribution in [0.2, 0.25) is 0 Å². The minimum atomic E-state index is -0.564. The zero-order valence-electron chi connectivity index (χ0n) is 7.03. The summed E-state index contributed by atoms with van der Waals surface area (Å²) < 4.78 is 4.97. The first kappa shape index (κ1) is 7.09. The Balaban J connectivity index is 2.20. The van der Waals surface area contributed by atoms with Crippen LogP contribution in [0.3, 0.4) is 0 Å². The van der Waals surface area contributed by atoms with Gasteiger partial charge in [0.15, 0.2) is 5.58 Å². The van der Waals surface area contributed by atoms with E-state index in [2.05, 4.69) is 5.16 Å². The molecule has 3 heteroatoms. The molecule has 0 spiro atoms. The highest BCUT2D eigenvalue weighted by molar-refractivity contribution is 5.76. The molecule has 3 rings (SSSR count). The van der Waals surface area contributed by atoms with Crippen LogP contribution in [-0.2, 0) is 5.60 Å². The van der Waals surface area contributed by atoms with Gasteiger partial charge in [0.05, 0.1) is 11.8 Å². The van der Waals surface area contributed by atoms with Gasteiger partial charge in [-0.3, -0.25) is 0 Å². The second kappa shape index (κ2) is 2.12. The monoisotopic (exact) mass is 175 g/mol. The van der Waals surface area contributed by atoms with Crippen LogP contribution in [0.15, 0.2) is 28.9 Å². The molecule has 1 aliphatic rings. The number of aromatic nitrogens is 1. The van der Waals surface area contributed by atoms with Crippen molar-refractivity contribution in [2.75, 3.05) is 0 Å². The van der Waals surface area contributed by atoms with Gasteiger partial charge in [0, 0.05) is 5.39 Å². The lowest BCUT2D eigenvalue weighted by Gasteiger charge is -2.06. The van der Waals surface area contributed by atoms with E-state index in [1.807, 2.05) is 18.2 Å². The number of aliphatic hydroxyl groups is 1. The van der Waals surface area contributed by atoms with Crippen molar-refractivity contribution in [3.8, 4) is 0 Å². The molecule has 1 heterocycles. The molecule has 0 unspecified atom stereocenters. The third kappa shape index (κ3) is 0.971. The molecule has 0 bridgehead atoms. The van der Waals surface area contributed by atoms with E-state index >= 15 is 0 Å². The summed E-state index contributed by atoms with van der Waals surface area (Å²) >= 11 is 0. The van der Waals surface area contributed by atoms with Crippen molar-refractivity contribution in [2.45, 2.75) is 18.4 Å². The fourth-order valence-electron chi connectivity index (χ4n) is 1.57. The molecule has 0 radical (unpaired) electrons. The summed E-state index contributed by atoms with van der Waals surface area (Å²) in [5.41, 5.74) is 1.18. The first-order chi connectivity index (χ1) is 6.28. The third-order valence-corrected chi connectivity index (χ3v) is 2.61. The average Bonchev–Trinajstić information content (AvgIpc) is 2.74. The zero-order chi connectivity index (χ0) is 8.89. The van der Waals surface area contributed by atoms with Gasteiger partial charge < -0.3 is 9.63 Å². The average molecular weight is 175 g/mol. The molecule has 1 aliphatic carbocycles. The largest absolute Gasteiger partial charge is 0.385 e. The first-order valence-corrected chi connectivity index (χ1v) is 4.35. The Hall–Kier alpha value is -1.35. The maximum atomic E-state index is 9.85. The topological polar surface area (TPSA) is 46.3 Å². The van der Waals surface area contributed by atoms with Crippen molar-refractivity contribution in [1.29, 1.82) is 0 Å². The van der Waals surface area contributed by atoms with Crippen LogP contribution in [0.4, 0.5) is 0 Å². The Bertz CT molecular complexity index is 457. The summed E-state index contributed by atoms with van der Waals surface area (Å²) in [7, 11) is 0. The molecule has 66 valence electrons. The predicted octanol–water partition coefficient (Wildman–Crippen LogP) is 1.81. The van der Waals surface area contributed by atoms with Crippen LogP contribution in [0.25, 0.3) is 11.0 Å². The fraction of sp³-hybridized carbons (Fsp3) is 0.300. The maximum Gasteiger partial charge on any atom is 0.166 e. The van der Waals surface area contributed by atoms with E-state index in [-0.39, 0.29) is 0 Å². The predicted molar refractivity (Wildman–Crippen MR) is 47.1 cm³/mol. The van der Waals surface area contributed by atoms with Crippen molar-refractivity contribution in [3.63, 3.8) is 0 Å². The van der Waals surface area contributed by atoms with E-state index in [1.54, 1.807) is 6.20 Å². The molecule has 0 aliphatic heterocycles. The number of hydrogen-bond donors (Lipinski definition) is 1. The number of nitrogens with zero attached hydrogens (tertiary/aromatic N) is 1. The van der Waals surface area contributed by atoms with Gasteiger partial charge in [-0.05, 0) is 30.5 Å². The first-order valence-electron chi connectivity index (χ1n) is 4.35. The Morgan fingerprint density at radius 2 is 2.23 bits per heavy atom. The molecule has 1 aromatic heterocycles. The highest BCUT2D eigenvalue weighted by atomic mass is 16.5. The van der Waals surface area contributed by atoms with Gasteiger partial charge in [0.2, 0.25) is 0 Å². The molecular formula is C10H9NO2. The standard InChI is InChI=1S/C10H9NO2/c12-10(3-4-10)8-1-2-9-7(5-8)6-11-13-9/h1-2,5-6,12H,3-4H2. The van der Waals surface area contributed by atoms with Crippen molar-refractivity contribution < 1.29 is 9.63 Å². The van der Waals surface area contributed by atoms with Crippen molar-refractivity contribution in [1.82, 2.24) is 5.16 Å². The van der Waals surface area contributed by atoms with E-state index < -0.39 is 5.60 Å². The van der Waals surface area contributed by atoms with Crippen LogP contribution in [0.5, 0.6) is 0 Å². The fourth-order valence-corrected chi connectivity index (χ4v) is 1.57. The molecule has 1 saturated carbocycles. The summed E-state index contributed by atoms with van der Waals surface area (Å²) in [4.78, 5) is 0. The van der Waals surface area contributed by atoms with Gasteiger partial charge in [0.1, 0.15) is 0 Å². The lowest BCUT2D eigenvalue weighted by molar-refractivity contribution is 0.151. The molecular weight excluding hydrogens is 166 g/mol. The summed E-state index contributed by atoms with van der Waals surface area (Å²) in [6.07, 6.45) is 3.40. The molecule has 0 saturated heterocycles. The van der Waals surface area contributed by atoms with Crippen LogP contribution in [0.1, 0.15) is 18.4 Å². The Morgan fingerprint density at radius 1 is 1.38 bits per heavy atom. The molecule has 1 fully saturated rings. The molecule has 1 N–H and O–H groups in total. The van der Waals surface area contributed by atoms with E-state index in [1.165, 1.54) is 0 Å². The molecule has 0 atom stereocenters. The van der Waals surface area contributed by atoms with Gasteiger partial charge in [-0.2, -0.15) is 0 Å². The normalized spacial score (nSPS) is 19.2. The second-order valence-electron chi connectivity index (χ2n) is 3.61. The molecule has 1 aromatic carbocycles. The minimum absolute atomic E-state index is 0.564. The number of benzene rings is 1. The van der Waals surface area contributed by atoms with E-state index in [0.717, 1.165) is 29.4 Å². The molecule has 3 nitrogen and oxygen atoms in total. The Morgan fingerprint density at radius 3 is 3.00 bits per heavy atom. The van der Waals surface area contributed by atoms with E-state index in [9.17, 15) is 5.11 Å². The van der Waals surface area contributed by atoms with Crippen molar-refractivity contribution >= 4 is 11.0 Å². The van der Waals surface area contributed by atoms with Gasteiger partial charge in [-0.1, -0.05) is 11.2 Å². The molecule has 13 heavy (non-hydrogen) atoms. The Labute approximate surface area is 75.0 Å². The van der Waals surface area contributed by atoms with Crippen LogP contribution < -0.4 is 0 Å². The zero-order valence-corrected chi connectivity index (χ0v) is 7.03. The SMILES string of the molecule is OC1(c2ccc3oncc3c2)CC1. The van der Waals surface area contributed by atoms with Crippen LogP contribution in [-0.4, -0.2) is 10.3 Å². The lowest BCUT2D eigenvalue weighted by atomic mass is 10.1. The number of fused-ring (bicyclic) bond motifs is 1. The lowest BCUT2D eigenvalue weighted by Crippen LogP contribution is -2.02. The summed E-state index contributed by atoms with van der Waals surface area (Å²) in [6, 6.07) is 5.70. The maximum absolute atomic E-state index is 9.85. The highest BCUT2D eigenvalue weighted by Gasteiger charge is 2.42. The van der Waals surface area contributed by atoms with Crippen LogP contribution in [0, 0.1) is 0 Å². The second-order valence-corrected chi connectivity index (χ2v) is 3.61. The van der Waals surface area contributed by atoms with Crippen molar-refractivity contribution in [3.05, 3.63) is 30.0 Å². The number of rotatable bonds is 1. The summed E-state index contributed by atoms with van der Waals surface area (Å²) in [5, 5.41) is 14.5. The molecule has 2 aromatic rings. The van der Waals surface area contributed by atoms with Gasteiger partial charge in [0.25, 0.3) is 0 Å². The van der Waals surface area contributed by atoms with Crippen LogP contribution >= 0.6 is 0 Å².